The molecule has 0 saturated heterocycles. The van der Waals surface area contributed by atoms with E-state index in [2.05, 4.69) is 5.32 Å². The van der Waals surface area contributed by atoms with E-state index >= 15 is 0 Å². The van der Waals surface area contributed by atoms with E-state index in [1.54, 1.807) is 36.4 Å². The molecule has 0 spiro atoms. The standard InChI is InChI=1S/C16H17FN2O2/c1-21-16(20)12-6-4-8-14(18)15(12)19-10-9-11-5-2-3-7-13(11)17/h2-8,19H,9-10,18H2,1H3. The van der Waals surface area contributed by atoms with Crippen molar-refractivity contribution in [3.63, 3.8) is 0 Å². The monoisotopic (exact) mass is 288 g/mol. The first-order valence-electron chi connectivity index (χ1n) is 6.57. The van der Waals surface area contributed by atoms with Crippen LogP contribution in [0.4, 0.5) is 15.8 Å². The summed E-state index contributed by atoms with van der Waals surface area (Å²) in [5.41, 5.74) is 7.82. The van der Waals surface area contributed by atoms with Crippen molar-refractivity contribution in [1.29, 1.82) is 0 Å². The van der Waals surface area contributed by atoms with Gasteiger partial charge in [-0.15, -0.1) is 0 Å². The first kappa shape index (κ1) is 14.8. The van der Waals surface area contributed by atoms with Crippen molar-refractivity contribution in [3.8, 4) is 0 Å². The smallest absolute Gasteiger partial charge is 0.340 e. The van der Waals surface area contributed by atoms with Gasteiger partial charge in [0.15, 0.2) is 0 Å². The van der Waals surface area contributed by atoms with E-state index < -0.39 is 5.97 Å². The van der Waals surface area contributed by atoms with Crippen LogP contribution in [0.25, 0.3) is 0 Å². The van der Waals surface area contributed by atoms with E-state index in [4.69, 9.17) is 10.5 Å². The molecule has 0 fully saturated rings. The van der Waals surface area contributed by atoms with Crippen LogP contribution in [0, 0.1) is 5.82 Å². The quantitative estimate of drug-likeness (QED) is 0.656. The molecule has 0 aliphatic carbocycles. The van der Waals surface area contributed by atoms with Crippen LogP contribution in [0.2, 0.25) is 0 Å². The number of anilines is 2. The maximum absolute atomic E-state index is 13.5. The molecule has 0 aromatic heterocycles. The van der Waals surface area contributed by atoms with E-state index in [0.29, 0.717) is 35.5 Å². The Bertz CT molecular complexity index is 644. The van der Waals surface area contributed by atoms with Gasteiger partial charge in [0, 0.05) is 6.54 Å². The number of carbonyl (C=O) groups is 1. The lowest BCUT2D eigenvalue weighted by Gasteiger charge is -2.13. The zero-order valence-corrected chi connectivity index (χ0v) is 11.7. The van der Waals surface area contributed by atoms with E-state index in [0.717, 1.165) is 0 Å². The molecule has 0 radical (unpaired) electrons. The van der Waals surface area contributed by atoms with Crippen LogP contribution in [0.5, 0.6) is 0 Å². The first-order chi connectivity index (χ1) is 10.1. The zero-order chi connectivity index (χ0) is 15.2. The number of hydrogen-bond donors (Lipinski definition) is 2. The van der Waals surface area contributed by atoms with Crippen molar-refractivity contribution in [2.45, 2.75) is 6.42 Å². The minimum atomic E-state index is -0.462. The van der Waals surface area contributed by atoms with Gasteiger partial charge < -0.3 is 15.8 Å². The van der Waals surface area contributed by atoms with E-state index in [1.807, 2.05) is 0 Å². The van der Waals surface area contributed by atoms with Gasteiger partial charge in [0.2, 0.25) is 0 Å². The molecule has 5 heteroatoms. The number of para-hydroxylation sites is 1. The van der Waals surface area contributed by atoms with Crippen LogP contribution in [0.15, 0.2) is 42.5 Å². The summed E-state index contributed by atoms with van der Waals surface area (Å²) in [4.78, 5) is 11.7. The molecule has 0 amide bonds. The van der Waals surface area contributed by atoms with Crippen LogP contribution >= 0.6 is 0 Å². The molecule has 3 N–H and O–H groups in total. The molecule has 0 aliphatic heterocycles. The Morgan fingerprint density at radius 3 is 2.71 bits per heavy atom. The number of nitrogens with one attached hydrogen (secondary N) is 1. The van der Waals surface area contributed by atoms with Crippen LogP contribution < -0.4 is 11.1 Å². The average Bonchev–Trinajstić information content (AvgIpc) is 2.50. The van der Waals surface area contributed by atoms with Gasteiger partial charge in [0.1, 0.15) is 5.82 Å². The molecule has 0 saturated carbocycles. The zero-order valence-electron chi connectivity index (χ0n) is 11.7. The number of esters is 1. The lowest BCUT2D eigenvalue weighted by Crippen LogP contribution is -2.13. The second kappa shape index (κ2) is 6.74. The van der Waals surface area contributed by atoms with E-state index in [9.17, 15) is 9.18 Å². The van der Waals surface area contributed by atoms with Gasteiger partial charge in [0.05, 0.1) is 24.0 Å². The van der Waals surface area contributed by atoms with Gasteiger partial charge >= 0.3 is 5.97 Å². The molecule has 0 atom stereocenters. The number of benzene rings is 2. The van der Waals surface area contributed by atoms with Crippen molar-refractivity contribution in [2.24, 2.45) is 0 Å². The largest absolute Gasteiger partial charge is 0.465 e. The van der Waals surface area contributed by atoms with Gasteiger partial charge in [-0.2, -0.15) is 0 Å². The Labute approximate surface area is 122 Å². The van der Waals surface area contributed by atoms with Crippen molar-refractivity contribution >= 4 is 17.3 Å². The van der Waals surface area contributed by atoms with Crippen molar-refractivity contribution in [3.05, 3.63) is 59.4 Å². The number of nitrogen functional groups attached to an aromatic ring is 1. The average molecular weight is 288 g/mol. The highest BCUT2D eigenvalue weighted by Gasteiger charge is 2.13. The summed E-state index contributed by atoms with van der Waals surface area (Å²) in [6.07, 6.45) is 0.488. The summed E-state index contributed by atoms with van der Waals surface area (Å²) in [5.74, 6) is -0.704. The van der Waals surface area contributed by atoms with Crippen LogP contribution in [0.1, 0.15) is 15.9 Å². The molecular formula is C16H17FN2O2. The molecule has 21 heavy (non-hydrogen) atoms. The summed E-state index contributed by atoms with van der Waals surface area (Å²) in [6.45, 7) is 0.457. The molecule has 2 aromatic rings. The molecule has 110 valence electrons. The normalized spacial score (nSPS) is 10.2. The van der Waals surface area contributed by atoms with Gasteiger partial charge in [-0.25, -0.2) is 9.18 Å². The molecule has 0 unspecified atom stereocenters. The van der Waals surface area contributed by atoms with Crippen LogP contribution in [-0.2, 0) is 11.2 Å². The number of nitrogens with two attached hydrogens (primary N) is 1. The second-order valence-corrected chi connectivity index (χ2v) is 4.53. The molecule has 0 aliphatic rings. The summed E-state index contributed by atoms with van der Waals surface area (Å²) in [7, 11) is 1.31. The predicted octanol–water partition coefficient (Wildman–Crippen LogP) is 2.85. The highest BCUT2D eigenvalue weighted by atomic mass is 19.1. The lowest BCUT2D eigenvalue weighted by molar-refractivity contribution is 0.0602. The third-order valence-corrected chi connectivity index (χ3v) is 3.16. The van der Waals surface area contributed by atoms with E-state index in [1.165, 1.54) is 13.2 Å². The Morgan fingerprint density at radius 2 is 2.00 bits per heavy atom. The fourth-order valence-electron chi connectivity index (χ4n) is 2.07. The van der Waals surface area contributed by atoms with Gasteiger partial charge in [-0.05, 0) is 30.2 Å². The third-order valence-electron chi connectivity index (χ3n) is 3.16. The summed E-state index contributed by atoms with van der Waals surface area (Å²) < 4.78 is 18.3. The van der Waals surface area contributed by atoms with Gasteiger partial charge in [-0.3, -0.25) is 0 Å². The molecule has 2 rings (SSSR count). The van der Waals surface area contributed by atoms with Gasteiger partial charge in [0.25, 0.3) is 0 Å². The van der Waals surface area contributed by atoms with Crippen molar-refractivity contribution in [1.82, 2.24) is 0 Å². The van der Waals surface area contributed by atoms with Crippen LogP contribution in [0.3, 0.4) is 0 Å². The number of hydrogen-bond acceptors (Lipinski definition) is 4. The highest BCUT2D eigenvalue weighted by molar-refractivity contribution is 5.98. The Morgan fingerprint density at radius 1 is 1.24 bits per heavy atom. The Balaban J connectivity index is 2.10. The van der Waals surface area contributed by atoms with Crippen LogP contribution in [-0.4, -0.2) is 19.6 Å². The molecule has 4 nitrogen and oxygen atoms in total. The SMILES string of the molecule is COC(=O)c1cccc(N)c1NCCc1ccccc1F. The first-order valence-corrected chi connectivity index (χ1v) is 6.57. The molecule has 0 heterocycles. The predicted molar refractivity (Wildman–Crippen MR) is 80.8 cm³/mol. The topological polar surface area (TPSA) is 64.3 Å². The number of halogens is 1. The fraction of sp³-hybridized carbons (Fsp3) is 0.188. The lowest BCUT2D eigenvalue weighted by atomic mass is 10.1. The molecular weight excluding hydrogens is 271 g/mol. The summed E-state index contributed by atoms with van der Waals surface area (Å²) >= 11 is 0. The van der Waals surface area contributed by atoms with Crippen molar-refractivity contribution in [2.75, 3.05) is 24.7 Å². The minimum Gasteiger partial charge on any atom is -0.465 e. The molecule has 2 aromatic carbocycles. The number of carbonyl (C=O) groups excluding carboxylic acids is 1. The molecule has 0 bridgehead atoms. The second-order valence-electron chi connectivity index (χ2n) is 4.53. The van der Waals surface area contributed by atoms with E-state index in [-0.39, 0.29) is 5.82 Å². The maximum atomic E-state index is 13.5. The summed E-state index contributed by atoms with van der Waals surface area (Å²) in [6, 6.07) is 11.6. The number of methoxy groups -OCH3 is 1. The highest BCUT2D eigenvalue weighted by Crippen LogP contribution is 2.24. The Kier molecular flexibility index (Phi) is 4.77. The van der Waals surface area contributed by atoms with Crippen molar-refractivity contribution < 1.29 is 13.9 Å². The summed E-state index contributed by atoms with van der Waals surface area (Å²) in [5, 5.41) is 3.08. The number of rotatable bonds is 5. The minimum absolute atomic E-state index is 0.242. The van der Waals surface area contributed by atoms with Gasteiger partial charge in [-0.1, -0.05) is 24.3 Å². The third kappa shape index (κ3) is 3.51. The fourth-order valence-corrected chi connectivity index (χ4v) is 2.07. The number of ether oxygens (including phenoxy) is 1. The Hall–Kier alpha value is -2.56. The maximum Gasteiger partial charge on any atom is 0.340 e.